The number of rotatable bonds is 3. The van der Waals surface area contributed by atoms with Gasteiger partial charge in [-0.3, -0.25) is 0 Å². The smallest absolute Gasteiger partial charge is 0.214 e. The fraction of sp³-hybridized carbons (Fsp3) is 0.714. The predicted octanol–water partition coefficient (Wildman–Crippen LogP) is 2.93. The Hall–Kier alpha value is -1.14. The predicted molar refractivity (Wildman–Crippen MR) is 81.6 cm³/mol. The highest BCUT2D eigenvalue weighted by Gasteiger charge is 2.20. The van der Waals surface area contributed by atoms with Crippen LogP contribution < -0.4 is 5.32 Å². The van der Waals surface area contributed by atoms with E-state index in [1.54, 1.807) is 11.3 Å². The molecule has 20 heavy (non-hydrogen) atoms. The maximum absolute atomic E-state index is 5.49. The van der Waals surface area contributed by atoms with Crippen LogP contribution in [0.2, 0.25) is 0 Å². The minimum atomic E-state index is 0.0699. The lowest BCUT2D eigenvalue weighted by molar-refractivity contribution is 0.0595. The Labute approximate surface area is 123 Å². The molecule has 0 bridgehead atoms. The number of hydrogen-bond acceptors (Lipinski definition) is 5. The summed E-state index contributed by atoms with van der Waals surface area (Å²) in [6.07, 6.45) is 4.44. The van der Waals surface area contributed by atoms with Crippen LogP contribution in [-0.4, -0.2) is 34.4 Å². The van der Waals surface area contributed by atoms with Crippen LogP contribution in [0.15, 0.2) is 6.20 Å². The van der Waals surface area contributed by atoms with Crippen molar-refractivity contribution in [1.82, 2.24) is 14.6 Å². The molecular formula is C14H22N4OS. The molecule has 110 valence electrons. The Kier molecular flexibility index (Phi) is 3.69. The molecule has 2 aromatic heterocycles. The molecule has 3 heterocycles. The summed E-state index contributed by atoms with van der Waals surface area (Å²) in [4.78, 5) is 5.61. The zero-order valence-corrected chi connectivity index (χ0v) is 13.2. The van der Waals surface area contributed by atoms with E-state index in [9.17, 15) is 0 Å². The number of imidazole rings is 1. The summed E-state index contributed by atoms with van der Waals surface area (Å²) in [6, 6.07) is 0. The van der Waals surface area contributed by atoms with Crippen LogP contribution in [0.3, 0.4) is 0 Å². The van der Waals surface area contributed by atoms with E-state index in [1.807, 2.05) is 10.7 Å². The Balaban J connectivity index is 1.66. The highest BCUT2D eigenvalue weighted by Crippen LogP contribution is 2.26. The molecule has 0 saturated carbocycles. The van der Waals surface area contributed by atoms with Gasteiger partial charge in [0.2, 0.25) is 10.1 Å². The van der Waals surface area contributed by atoms with E-state index in [2.05, 4.69) is 36.2 Å². The molecule has 0 aliphatic carbocycles. The maximum atomic E-state index is 5.49. The topological polar surface area (TPSA) is 51.5 Å². The van der Waals surface area contributed by atoms with Gasteiger partial charge in [-0.25, -0.2) is 9.50 Å². The second kappa shape index (κ2) is 5.33. The Bertz CT molecular complexity index is 546. The van der Waals surface area contributed by atoms with E-state index in [0.717, 1.165) is 35.5 Å². The molecule has 6 heteroatoms. The minimum absolute atomic E-state index is 0.0699. The van der Waals surface area contributed by atoms with Crippen molar-refractivity contribution in [3.05, 3.63) is 11.9 Å². The van der Waals surface area contributed by atoms with Gasteiger partial charge in [0.1, 0.15) is 0 Å². The summed E-state index contributed by atoms with van der Waals surface area (Å²) in [5, 5.41) is 8.91. The summed E-state index contributed by atoms with van der Waals surface area (Å²) in [5.41, 5.74) is 1.16. The molecule has 0 aromatic carbocycles. The highest BCUT2D eigenvalue weighted by molar-refractivity contribution is 7.20. The van der Waals surface area contributed by atoms with Gasteiger partial charge in [-0.15, -0.1) is 5.10 Å². The van der Waals surface area contributed by atoms with Gasteiger partial charge in [-0.2, -0.15) is 0 Å². The fourth-order valence-corrected chi connectivity index (χ4v) is 3.12. The third kappa shape index (κ3) is 2.96. The second-order valence-corrected chi connectivity index (χ2v) is 7.43. The van der Waals surface area contributed by atoms with Crippen LogP contribution in [0.25, 0.3) is 4.96 Å². The molecule has 5 nitrogen and oxygen atoms in total. The first-order valence-corrected chi connectivity index (χ1v) is 8.02. The van der Waals surface area contributed by atoms with Crippen molar-refractivity contribution in [2.24, 2.45) is 5.92 Å². The standard InChI is InChI=1S/C14H22N4OS/c1-14(2,3)11-8-18-13(16-11)20-12(17-18)15-7-10-5-4-6-19-9-10/h8,10H,4-7,9H2,1-3H3,(H,15,17)/t10-/m0/s1. The molecule has 1 fully saturated rings. The van der Waals surface area contributed by atoms with Gasteiger partial charge in [0.15, 0.2) is 0 Å². The van der Waals surface area contributed by atoms with E-state index in [0.29, 0.717) is 5.92 Å². The fourth-order valence-electron chi connectivity index (χ4n) is 2.33. The van der Waals surface area contributed by atoms with Gasteiger partial charge in [0.25, 0.3) is 0 Å². The second-order valence-electron chi connectivity index (χ2n) is 6.47. The first-order chi connectivity index (χ1) is 9.52. The molecule has 1 aliphatic rings. The van der Waals surface area contributed by atoms with E-state index in [4.69, 9.17) is 4.74 Å². The summed E-state index contributed by atoms with van der Waals surface area (Å²) < 4.78 is 7.37. The summed E-state index contributed by atoms with van der Waals surface area (Å²) in [7, 11) is 0. The number of nitrogens with one attached hydrogen (secondary N) is 1. The molecule has 0 unspecified atom stereocenters. The van der Waals surface area contributed by atoms with Gasteiger partial charge in [-0.1, -0.05) is 32.1 Å². The van der Waals surface area contributed by atoms with Crippen molar-refractivity contribution in [2.75, 3.05) is 25.1 Å². The van der Waals surface area contributed by atoms with Crippen LogP contribution in [-0.2, 0) is 10.2 Å². The quantitative estimate of drug-likeness (QED) is 0.945. The number of nitrogens with zero attached hydrogens (tertiary/aromatic N) is 3. The number of aromatic nitrogens is 3. The van der Waals surface area contributed by atoms with Gasteiger partial charge < -0.3 is 10.1 Å². The lowest BCUT2D eigenvalue weighted by Crippen LogP contribution is -2.24. The monoisotopic (exact) mass is 294 g/mol. The Morgan fingerprint density at radius 2 is 2.35 bits per heavy atom. The van der Waals surface area contributed by atoms with Crippen molar-refractivity contribution < 1.29 is 4.74 Å². The van der Waals surface area contributed by atoms with Gasteiger partial charge in [-0.05, 0) is 18.8 Å². The zero-order valence-electron chi connectivity index (χ0n) is 12.3. The molecule has 1 aliphatic heterocycles. The molecule has 0 spiro atoms. The molecule has 1 atom stereocenters. The van der Waals surface area contributed by atoms with E-state index in [-0.39, 0.29) is 5.41 Å². The normalized spacial score (nSPS) is 20.4. The summed E-state index contributed by atoms with van der Waals surface area (Å²) >= 11 is 1.61. The molecule has 1 saturated heterocycles. The lowest BCUT2D eigenvalue weighted by Gasteiger charge is -2.21. The lowest BCUT2D eigenvalue weighted by atomic mass is 9.93. The third-order valence-electron chi connectivity index (χ3n) is 3.61. The molecule has 1 N–H and O–H groups in total. The average molecular weight is 294 g/mol. The number of hydrogen-bond donors (Lipinski definition) is 1. The Morgan fingerprint density at radius 3 is 3.00 bits per heavy atom. The van der Waals surface area contributed by atoms with Crippen molar-refractivity contribution in [3.63, 3.8) is 0 Å². The molecule has 2 aromatic rings. The number of fused-ring (bicyclic) bond motifs is 1. The van der Waals surface area contributed by atoms with Crippen LogP contribution in [0.1, 0.15) is 39.3 Å². The highest BCUT2D eigenvalue weighted by atomic mass is 32.1. The van der Waals surface area contributed by atoms with Gasteiger partial charge in [0, 0.05) is 18.6 Å². The summed E-state index contributed by atoms with van der Waals surface area (Å²) in [5.74, 6) is 0.602. The zero-order chi connectivity index (χ0) is 14.2. The SMILES string of the molecule is CC(C)(C)c1cn2nc(NC[C@@H]3CCCOC3)sc2n1. The van der Waals surface area contributed by atoms with Crippen molar-refractivity contribution in [3.8, 4) is 0 Å². The van der Waals surface area contributed by atoms with Crippen LogP contribution >= 0.6 is 11.3 Å². The summed E-state index contributed by atoms with van der Waals surface area (Å²) in [6.45, 7) is 9.22. The largest absolute Gasteiger partial charge is 0.381 e. The molecule has 0 radical (unpaired) electrons. The molecular weight excluding hydrogens is 272 g/mol. The molecule has 3 rings (SSSR count). The number of ether oxygens (including phenoxy) is 1. The van der Waals surface area contributed by atoms with Gasteiger partial charge in [0.05, 0.1) is 18.5 Å². The minimum Gasteiger partial charge on any atom is -0.381 e. The van der Waals surface area contributed by atoms with Gasteiger partial charge >= 0.3 is 0 Å². The first-order valence-electron chi connectivity index (χ1n) is 7.21. The van der Waals surface area contributed by atoms with Crippen LogP contribution in [0.4, 0.5) is 5.13 Å². The van der Waals surface area contributed by atoms with Crippen molar-refractivity contribution >= 4 is 21.4 Å². The third-order valence-corrected chi connectivity index (χ3v) is 4.49. The van der Waals surface area contributed by atoms with E-state index >= 15 is 0 Å². The van der Waals surface area contributed by atoms with E-state index in [1.165, 1.54) is 12.8 Å². The van der Waals surface area contributed by atoms with Crippen molar-refractivity contribution in [2.45, 2.75) is 39.0 Å². The molecule has 0 amide bonds. The van der Waals surface area contributed by atoms with Crippen molar-refractivity contribution in [1.29, 1.82) is 0 Å². The van der Waals surface area contributed by atoms with E-state index < -0.39 is 0 Å². The first kappa shape index (κ1) is 13.8. The Morgan fingerprint density at radius 1 is 1.50 bits per heavy atom. The number of anilines is 1. The maximum Gasteiger partial charge on any atom is 0.214 e. The van der Waals surface area contributed by atoms with Crippen LogP contribution in [0, 0.1) is 5.92 Å². The average Bonchev–Trinajstić information content (AvgIpc) is 2.95. The van der Waals surface area contributed by atoms with Crippen LogP contribution in [0.5, 0.6) is 0 Å².